The maximum Gasteiger partial charge on any atom is 0.267 e. The molecule has 23 heavy (non-hydrogen) atoms. The van der Waals surface area contributed by atoms with Gasteiger partial charge in [-0.3, -0.25) is 9.59 Å². The fraction of sp³-hybridized carbons (Fsp3) is 0.333. The third kappa shape index (κ3) is 2.81. The summed E-state index contributed by atoms with van der Waals surface area (Å²) in [5.74, 6) is -4.48. The number of halogens is 3. The van der Waals surface area contributed by atoms with E-state index in [4.69, 9.17) is 0 Å². The second-order valence-electron chi connectivity index (χ2n) is 5.57. The average Bonchev–Trinajstić information content (AvgIpc) is 2.80. The number of aromatic nitrogens is 1. The first-order valence-corrected chi connectivity index (χ1v) is 6.93. The first-order chi connectivity index (χ1) is 10.8. The van der Waals surface area contributed by atoms with Crippen LogP contribution in [0.25, 0.3) is 10.9 Å². The van der Waals surface area contributed by atoms with Crippen molar-refractivity contribution in [2.75, 3.05) is 13.2 Å². The lowest BCUT2D eigenvalue weighted by Gasteiger charge is -2.22. The summed E-state index contributed by atoms with van der Waals surface area (Å²) in [6.07, 6.45) is -0.634. The lowest BCUT2D eigenvalue weighted by molar-refractivity contribution is 0.0116. The van der Waals surface area contributed by atoms with E-state index < -0.39 is 48.8 Å². The van der Waals surface area contributed by atoms with E-state index in [0.29, 0.717) is 0 Å². The van der Waals surface area contributed by atoms with E-state index in [2.05, 4.69) is 4.98 Å². The number of aliphatic hydroxyl groups is 1. The van der Waals surface area contributed by atoms with Crippen molar-refractivity contribution >= 4 is 16.8 Å². The van der Waals surface area contributed by atoms with Crippen LogP contribution in [0.1, 0.15) is 16.8 Å². The average molecular weight is 326 g/mol. The monoisotopic (exact) mass is 326 g/mol. The van der Waals surface area contributed by atoms with Gasteiger partial charge in [-0.15, -0.1) is 0 Å². The summed E-state index contributed by atoms with van der Waals surface area (Å²) in [7, 11) is 0. The van der Waals surface area contributed by atoms with Crippen LogP contribution < -0.4 is 5.56 Å². The molecule has 2 aromatic rings. The molecule has 3 rings (SSSR count). The fourth-order valence-electron chi connectivity index (χ4n) is 2.86. The van der Waals surface area contributed by atoms with Gasteiger partial charge in [-0.05, 0) is 18.2 Å². The maximum absolute atomic E-state index is 13.5. The van der Waals surface area contributed by atoms with Gasteiger partial charge in [0.2, 0.25) is 5.56 Å². The lowest BCUT2D eigenvalue weighted by atomic mass is 10.1. The third-order valence-corrected chi connectivity index (χ3v) is 3.88. The summed E-state index contributed by atoms with van der Waals surface area (Å²) in [5, 5.41) is 9.48. The molecule has 0 saturated carbocycles. The summed E-state index contributed by atoms with van der Waals surface area (Å²) in [5.41, 5.74) is -0.634. The van der Waals surface area contributed by atoms with Crippen molar-refractivity contribution in [2.45, 2.75) is 18.4 Å². The molecule has 0 bridgehead atoms. The highest BCUT2D eigenvalue weighted by Crippen LogP contribution is 2.33. The Kier molecular flexibility index (Phi) is 3.63. The molecule has 0 spiro atoms. The number of alkyl halides is 2. The van der Waals surface area contributed by atoms with E-state index in [1.54, 1.807) is 0 Å². The highest BCUT2D eigenvalue weighted by molar-refractivity contribution is 6.06. The highest BCUT2D eigenvalue weighted by Gasteiger charge is 2.47. The van der Waals surface area contributed by atoms with Gasteiger partial charge in [0.25, 0.3) is 11.8 Å². The van der Waals surface area contributed by atoms with Gasteiger partial charge in [0, 0.05) is 17.9 Å². The van der Waals surface area contributed by atoms with Gasteiger partial charge in [0.1, 0.15) is 5.82 Å². The van der Waals surface area contributed by atoms with Crippen molar-refractivity contribution in [1.82, 2.24) is 9.88 Å². The van der Waals surface area contributed by atoms with Crippen LogP contribution in [0.5, 0.6) is 0 Å². The minimum atomic E-state index is -3.09. The molecule has 1 aromatic heterocycles. The Morgan fingerprint density at radius 1 is 1.39 bits per heavy atom. The zero-order valence-electron chi connectivity index (χ0n) is 11.9. The molecule has 1 unspecified atom stereocenters. The van der Waals surface area contributed by atoms with Gasteiger partial charge >= 0.3 is 0 Å². The quantitative estimate of drug-likeness (QED) is 0.879. The first kappa shape index (κ1) is 15.5. The molecule has 5 nitrogen and oxygen atoms in total. The summed E-state index contributed by atoms with van der Waals surface area (Å²) < 4.78 is 40.3. The Morgan fingerprint density at radius 2 is 2.13 bits per heavy atom. The number of amides is 1. The van der Waals surface area contributed by atoms with Gasteiger partial charge in [-0.25, -0.2) is 13.2 Å². The molecular weight excluding hydrogens is 313 g/mol. The molecule has 2 heterocycles. The maximum atomic E-state index is 13.5. The number of nitrogens with zero attached hydrogens (tertiary/aromatic N) is 1. The molecule has 122 valence electrons. The number of benzene rings is 1. The molecule has 1 saturated heterocycles. The van der Waals surface area contributed by atoms with Crippen molar-refractivity contribution in [3.05, 3.63) is 46.0 Å². The van der Waals surface area contributed by atoms with Crippen LogP contribution in [-0.4, -0.2) is 46.0 Å². The van der Waals surface area contributed by atoms with E-state index in [1.807, 2.05) is 0 Å². The number of fused-ring (bicyclic) bond motifs is 1. The Balaban J connectivity index is 2.09. The SMILES string of the molecule is O=C(c1cc(=O)[nH]c2cc(F)ccc12)N1CC(F)(F)CC1CO. The van der Waals surface area contributed by atoms with E-state index in [-0.39, 0.29) is 16.5 Å². The molecule has 0 radical (unpaired) electrons. The largest absolute Gasteiger partial charge is 0.394 e. The Hall–Kier alpha value is -2.35. The van der Waals surface area contributed by atoms with Crippen LogP contribution >= 0.6 is 0 Å². The number of carbonyl (C=O) groups is 1. The predicted molar refractivity (Wildman–Crippen MR) is 76.0 cm³/mol. The van der Waals surface area contributed by atoms with Crippen molar-refractivity contribution in [2.24, 2.45) is 0 Å². The molecule has 1 aromatic carbocycles. The number of pyridine rings is 1. The number of nitrogens with one attached hydrogen (secondary N) is 1. The lowest BCUT2D eigenvalue weighted by Crippen LogP contribution is -2.38. The normalized spacial score (nSPS) is 20.2. The Bertz CT molecular complexity index is 834. The number of H-pyrrole nitrogens is 1. The van der Waals surface area contributed by atoms with Crippen LogP contribution in [0.3, 0.4) is 0 Å². The van der Waals surface area contributed by atoms with Crippen molar-refractivity contribution in [3.8, 4) is 0 Å². The molecule has 8 heteroatoms. The zero-order chi connectivity index (χ0) is 16.8. The number of aliphatic hydroxyl groups excluding tert-OH is 1. The smallest absolute Gasteiger partial charge is 0.267 e. The number of aromatic amines is 1. The van der Waals surface area contributed by atoms with Gasteiger partial charge < -0.3 is 15.0 Å². The molecule has 1 amide bonds. The molecular formula is C15H13F3N2O3. The minimum absolute atomic E-state index is 0.0973. The number of carbonyl (C=O) groups excluding carboxylic acids is 1. The van der Waals surface area contributed by atoms with Crippen LogP contribution in [0.2, 0.25) is 0 Å². The van der Waals surface area contributed by atoms with E-state index in [0.717, 1.165) is 23.1 Å². The first-order valence-electron chi connectivity index (χ1n) is 6.93. The van der Waals surface area contributed by atoms with E-state index in [1.165, 1.54) is 6.07 Å². The molecule has 0 aliphatic carbocycles. The Morgan fingerprint density at radius 3 is 2.83 bits per heavy atom. The summed E-state index contributed by atoms with van der Waals surface area (Å²) in [6.45, 7) is -1.43. The summed E-state index contributed by atoms with van der Waals surface area (Å²) >= 11 is 0. The van der Waals surface area contributed by atoms with E-state index in [9.17, 15) is 27.9 Å². The zero-order valence-corrected chi connectivity index (χ0v) is 11.9. The van der Waals surface area contributed by atoms with Crippen molar-refractivity contribution in [1.29, 1.82) is 0 Å². The molecule has 1 aliphatic heterocycles. The summed E-state index contributed by atoms with van der Waals surface area (Å²) in [6, 6.07) is 3.44. The van der Waals surface area contributed by atoms with Crippen LogP contribution in [0.4, 0.5) is 13.2 Å². The second-order valence-corrected chi connectivity index (χ2v) is 5.57. The van der Waals surface area contributed by atoms with Gasteiger partial charge in [-0.2, -0.15) is 0 Å². The Labute approximate surface area is 128 Å². The molecule has 1 fully saturated rings. The minimum Gasteiger partial charge on any atom is -0.394 e. The van der Waals surface area contributed by atoms with Crippen LogP contribution in [0, 0.1) is 5.82 Å². The molecule has 1 aliphatic rings. The molecule has 2 N–H and O–H groups in total. The standard InChI is InChI=1S/C15H13F3N2O3/c16-8-1-2-10-11(4-13(22)19-12(10)3-8)14(23)20-7-15(17,18)5-9(20)6-21/h1-4,9,21H,5-7H2,(H,19,22). The van der Waals surface area contributed by atoms with Crippen LogP contribution in [0.15, 0.2) is 29.1 Å². The number of hydrogen-bond donors (Lipinski definition) is 2. The van der Waals surface area contributed by atoms with Crippen molar-refractivity contribution in [3.63, 3.8) is 0 Å². The fourth-order valence-corrected chi connectivity index (χ4v) is 2.86. The molecule has 1 atom stereocenters. The topological polar surface area (TPSA) is 73.4 Å². The number of hydrogen-bond acceptors (Lipinski definition) is 3. The number of likely N-dealkylation sites (tertiary alicyclic amines) is 1. The van der Waals surface area contributed by atoms with Gasteiger partial charge in [0.05, 0.1) is 30.3 Å². The second kappa shape index (κ2) is 5.38. The van der Waals surface area contributed by atoms with Gasteiger partial charge in [0.15, 0.2) is 0 Å². The van der Waals surface area contributed by atoms with E-state index >= 15 is 0 Å². The number of rotatable bonds is 2. The van der Waals surface area contributed by atoms with Crippen LogP contribution in [-0.2, 0) is 0 Å². The third-order valence-electron chi connectivity index (χ3n) is 3.88. The predicted octanol–water partition coefficient (Wildman–Crippen LogP) is 1.51. The van der Waals surface area contributed by atoms with Gasteiger partial charge in [-0.1, -0.05) is 0 Å². The van der Waals surface area contributed by atoms with Crippen molar-refractivity contribution < 1.29 is 23.1 Å². The summed E-state index contributed by atoms with van der Waals surface area (Å²) in [4.78, 5) is 27.5. The highest BCUT2D eigenvalue weighted by atomic mass is 19.3.